The standard InChI is InChI=1S/C10H9N3O3/c11-4-7(14)13-9(15)5-2-1-3-6(12)8(5)10(13)16/h1-3H,4,11-12H2. The predicted octanol–water partition coefficient (Wildman–Crippen LogP) is -0.650. The van der Waals surface area contributed by atoms with Crippen molar-refractivity contribution in [2.75, 3.05) is 12.3 Å². The number of imide groups is 3. The minimum absolute atomic E-state index is 0.0781. The van der Waals surface area contributed by atoms with Crippen molar-refractivity contribution in [3.63, 3.8) is 0 Å². The summed E-state index contributed by atoms with van der Waals surface area (Å²) >= 11 is 0. The van der Waals surface area contributed by atoms with Crippen LogP contribution in [0.25, 0.3) is 0 Å². The van der Waals surface area contributed by atoms with Gasteiger partial charge >= 0.3 is 0 Å². The number of nitrogens with two attached hydrogens (primary N) is 2. The van der Waals surface area contributed by atoms with E-state index in [-0.39, 0.29) is 16.8 Å². The van der Waals surface area contributed by atoms with Crippen molar-refractivity contribution >= 4 is 23.4 Å². The van der Waals surface area contributed by atoms with E-state index in [1.165, 1.54) is 12.1 Å². The molecular formula is C10H9N3O3. The van der Waals surface area contributed by atoms with Crippen molar-refractivity contribution in [2.24, 2.45) is 5.73 Å². The number of nitrogen functional groups attached to an aromatic ring is 1. The maximum atomic E-state index is 11.8. The van der Waals surface area contributed by atoms with E-state index in [2.05, 4.69) is 0 Å². The zero-order valence-electron chi connectivity index (χ0n) is 8.27. The van der Waals surface area contributed by atoms with Crippen LogP contribution >= 0.6 is 0 Å². The number of rotatable bonds is 1. The van der Waals surface area contributed by atoms with Gasteiger partial charge in [0.1, 0.15) is 0 Å². The quantitative estimate of drug-likeness (QED) is 0.482. The number of hydrogen-bond acceptors (Lipinski definition) is 5. The van der Waals surface area contributed by atoms with Crippen LogP contribution in [0.3, 0.4) is 0 Å². The molecule has 1 aromatic rings. The molecule has 0 spiro atoms. The van der Waals surface area contributed by atoms with E-state index in [4.69, 9.17) is 11.5 Å². The fraction of sp³-hybridized carbons (Fsp3) is 0.100. The molecule has 0 bridgehead atoms. The molecule has 1 aliphatic rings. The first kappa shape index (κ1) is 10.3. The summed E-state index contributed by atoms with van der Waals surface area (Å²) in [7, 11) is 0. The summed E-state index contributed by atoms with van der Waals surface area (Å²) in [4.78, 5) is 35.4. The number of carbonyl (C=O) groups excluding carboxylic acids is 3. The van der Waals surface area contributed by atoms with Gasteiger partial charge in [-0.15, -0.1) is 0 Å². The second-order valence-corrected chi connectivity index (χ2v) is 3.31. The Morgan fingerprint density at radius 3 is 2.50 bits per heavy atom. The van der Waals surface area contributed by atoms with Crippen LogP contribution in [0, 0.1) is 0 Å². The maximum Gasteiger partial charge on any atom is 0.270 e. The Morgan fingerprint density at radius 2 is 1.94 bits per heavy atom. The first-order valence-corrected chi connectivity index (χ1v) is 4.58. The highest BCUT2D eigenvalue weighted by Gasteiger charge is 2.40. The van der Waals surface area contributed by atoms with Crippen molar-refractivity contribution in [3.05, 3.63) is 29.3 Å². The van der Waals surface area contributed by atoms with E-state index in [1.807, 2.05) is 0 Å². The smallest absolute Gasteiger partial charge is 0.270 e. The first-order chi connectivity index (χ1) is 7.57. The van der Waals surface area contributed by atoms with E-state index in [9.17, 15) is 14.4 Å². The van der Waals surface area contributed by atoms with Crippen LogP contribution in [0.4, 0.5) is 5.69 Å². The zero-order chi connectivity index (χ0) is 11.9. The van der Waals surface area contributed by atoms with Crippen molar-refractivity contribution in [1.82, 2.24) is 4.90 Å². The average molecular weight is 219 g/mol. The molecule has 82 valence electrons. The van der Waals surface area contributed by atoms with E-state index >= 15 is 0 Å². The molecule has 0 fully saturated rings. The van der Waals surface area contributed by atoms with Gasteiger partial charge in [-0.1, -0.05) is 6.07 Å². The van der Waals surface area contributed by atoms with Crippen molar-refractivity contribution in [3.8, 4) is 0 Å². The molecule has 0 saturated carbocycles. The highest BCUT2D eigenvalue weighted by molar-refractivity contribution is 6.30. The maximum absolute atomic E-state index is 11.8. The summed E-state index contributed by atoms with van der Waals surface area (Å²) in [6.07, 6.45) is 0. The molecule has 2 rings (SSSR count). The number of carbonyl (C=O) groups is 3. The van der Waals surface area contributed by atoms with Crippen molar-refractivity contribution in [2.45, 2.75) is 0 Å². The van der Waals surface area contributed by atoms with Crippen LogP contribution in [0.5, 0.6) is 0 Å². The summed E-state index contributed by atoms with van der Waals surface area (Å²) in [6, 6.07) is 4.51. The Bertz CT molecular complexity index is 510. The van der Waals surface area contributed by atoms with E-state index < -0.39 is 24.3 Å². The number of amides is 3. The van der Waals surface area contributed by atoms with Crippen LogP contribution in [0.1, 0.15) is 20.7 Å². The number of anilines is 1. The molecule has 1 aliphatic heterocycles. The predicted molar refractivity (Wildman–Crippen MR) is 55.4 cm³/mol. The molecule has 0 unspecified atom stereocenters. The van der Waals surface area contributed by atoms with Gasteiger partial charge in [0.2, 0.25) is 5.91 Å². The third-order valence-corrected chi connectivity index (χ3v) is 2.37. The van der Waals surface area contributed by atoms with Gasteiger partial charge in [0.25, 0.3) is 11.8 Å². The summed E-state index contributed by atoms with van der Waals surface area (Å²) in [5.74, 6) is -2.10. The SMILES string of the molecule is NCC(=O)N1C(=O)c2cccc(N)c2C1=O. The molecule has 6 nitrogen and oxygen atoms in total. The lowest BCUT2D eigenvalue weighted by molar-refractivity contribution is -0.124. The minimum atomic E-state index is -0.731. The molecule has 1 heterocycles. The van der Waals surface area contributed by atoms with Gasteiger partial charge in [-0.2, -0.15) is 0 Å². The molecule has 3 amide bonds. The minimum Gasteiger partial charge on any atom is -0.398 e. The molecule has 4 N–H and O–H groups in total. The lowest BCUT2D eigenvalue weighted by Crippen LogP contribution is -2.40. The lowest BCUT2D eigenvalue weighted by Gasteiger charge is -2.09. The highest BCUT2D eigenvalue weighted by atomic mass is 16.2. The van der Waals surface area contributed by atoms with E-state index in [0.717, 1.165) is 0 Å². The third kappa shape index (κ3) is 1.20. The monoisotopic (exact) mass is 219 g/mol. The molecule has 0 aliphatic carbocycles. The van der Waals surface area contributed by atoms with Crippen LogP contribution in [0.15, 0.2) is 18.2 Å². The molecule has 1 aromatic carbocycles. The number of fused-ring (bicyclic) bond motifs is 1. The van der Waals surface area contributed by atoms with Gasteiger partial charge in [0.15, 0.2) is 0 Å². The van der Waals surface area contributed by atoms with Crippen LogP contribution in [0.2, 0.25) is 0 Å². The summed E-state index contributed by atoms with van der Waals surface area (Å²) in [5, 5.41) is 0. The number of nitrogens with zero attached hydrogens (tertiary/aromatic N) is 1. The molecular weight excluding hydrogens is 210 g/mol. The zero-order valence-corrected chi connectivity index (χ0v) is 8.27. The Hall–Kier alpha value is -2.21. The number of hydrogen-bond donors (Lipinski definition) is 2. The Labute approximate surface area is 90.8 Å². The molecule has 16 heavy (non-hydrogen) atoms. The van der Waals surface area contributed by atoms with Gasteiger partial charge < -0.3 is 11.5 Å². The normalized spacial score (nSPS) is 14.2. The lowest BCUT2D eigenvalue weighted by atomic mass is 10.1. The fourth-order valence-electron chi connectivity index (χ4n) is 1.63. The first-order valence-electron chi connectivity index (χ1n) is 4.58. The fourth-order valence-corrected chi connectivity index (χ4v) is 1.63. The highest BCUT2D eigenvalue weighted by Crippen LogP contribution is 2.27. The topological polar surface area (TPSA) is 106 Å². The molecule has 0 radical (unpaired) electrons. The van der Waals surface area contributed by atoms with E-state index in [0.29, 0.717) is 4.90 Å². The molecule has 0 atom stereocenters. The van der Waals surface area contributed by atoms with Gasteiger partial charge in [-0.05, 0) is 12.1 Å². The largest absolute Gasteiger partial charge is 0.398 e. The van der Waals surface area contributed by atoms with Gasteiger partial charge in [0.05, 0.1) is 17.7 Å². The Morgan fingerprint density at radius 1 is 1.25 bits per heavy atom. The number of benzene rings is 1. The molecule has 0 aromatic heterocycles. The van der Waals surface area contributed by atoms with Gasteiger partial charge in [-0.25, -0.2) is 4.90 Å². The second-order valence-electron chi connectivity index (χ2n) is 3.31. The third-order valence-electron chi connectivity index (χ3n) is 2.37. The Kier molecular flexibility index (Phi) is 2.21. The van der Waals surface area contributed by atoms with Crippen molar-refractivity contribution < 1.29 is 14.4 Å². The summed E-state index contributed by atoms with van der Waals surface area (Å²) < 4.78 is 0. The summed E-state index contributed by atoms with van der Waals surface area (Å²) in [6.45, 7) is -0.397. The van der Waals surface area contributed by atoms with Crippen molar-refractivity contribution in [1.29, 1.82) is 0 Å². The summed E-state index contributed by atoms with van der Waals surface area (Å²) in [5.41, 5.74) is 11.1. The van der Waals surface area contributed by atoms with Crippen LogP contribution in [-0.4, -0.2) is 29.2 Å². The van der Waals surface area contributed by atoms with E-state index in [1.54, 1.807) is 6.07 Å². The average Bonchev–Trinajstić information content (AvgIpc) is 2.52. The second kappa shape index (κ2) is 3.42. The van der Waals surface area contributed by atoms with Gasteiger partial charge in [0, 0.05) is 5.69 Å². The van der Waals surface area contributed by atoms with Crippen LogP contribution < -0.4 is 11.5 Å². The Balaban J connectivity index is 2.57. The van der Waals surface area contributed by atoms with Crippen LogP contribution in [-0.2, 0) is 4.79 Å². The molecule has 6 heteroatoms. The molecule has 0 saturated heterocycles. The van der Waals surface area contributed by atoms with Gasteiger partial charge in [-0.3, -0.25) is 14.4 Å².